The van der Waals surface area contributed by atoms with Crippen LogP contribution in [-0.4, -0.2) is 69.3 Å². The summed E-state index contributed by atoms with van der Waals surface area (Å²) in [5, 5.41) is 5.11. The second kappa shape index (κ2) is 10.2. The van der Waals surface area contributed by atoms with Gasteiger partial charge in [0.05, 0.1) is 25.5 Å². The SMILES string of the molecule is COCC(N)C(=O)Nc1ccc(F)c(NC(=O)CCN2CCOCC2)c1. The Kier molecular flexibility index (Phi) is 7.92. The number of nitrogens with zero attached hydrogens (tertiary/aromatic N) is 1. The van der Waals surface area contributed by atoms with E-state index in [1.165, 1.54) is 25.3 Å². The van der Waals surface area contributed by atoms with E-state index in [0.717, 1.165) is 13.1 Å². The molecule has 1 atom stereocenters. The number of hydrogen-bond acceptors (Lipinski definition) is 6. The van der Waals surface area contributed by atoms with Crippen molar-refractivity contribution in [1.82, 2.24) is 4.90 Å². The smallest absolute Gasteiger partial charge is 0.243 e. The summed E-state index contributed by atoms with van der Waals surface area (Å²) in [6.45, 7) is 3.53. The maximum atomic E-state index is 13.9. The van der Waals surface area contributed by atoms with Gasteiger partial charge in [-0.15, -0.1) is 0 Å². The molecule has 2 rings (SSSR count). The number of nitrogens with one attached hydrogen (secondary N) is 2. The summed E-state index contributed by atoms with van der Waals surface area (Å²) in [6, 6.07) is 3.10. The molecular formula is C17H25FN4O4. The Bertz CT molecular complexity index is 623. The Morgan fingerprint density at radius 1 is 1.35 bits per heavy atom. The molecule has 144 valence electrons. The summed E-state index contributed by atoms with van der Waals surface area (Å²) >= 11 is 0. The fourth-order valence-electron chi connectivity index (χ4n) is 2.49. The highest BCUT2D eigenvalue weighted by Gasteiger charge is 2.16. The third-order valence-corrected chi connectivity index (χ3v) is 3.95. The first kappa shape index (κ1) is 20.2. The summed E-state index contributed by atoms with van der Waals surface area (Å²) < 4.78 is 24.0. The normalized spacial score (nSPS) is 16.1. The molecular weight excluding hydrogens is 343 g/mol. The lowest BCUT2D eigenvalue weighted by Crippen LogP contribution is -2.39. The molecule has 1 aromatic carbocycles. The summed E-state index contributed by atoms with van der Waals surface area (Å²) in [4.78, 5) is 26.1. The van der Waals surface area contributed by atoms with E-state index in [1.807, 2.05) is 0 Å². The van der Waals surface area contributed by atoms with Gasteiger partial charge in [0, 0.05) is 38.9 Å². The van der Waals surface area contributed by atoms with Gasteiger partial charge in [0.2, 0.25) is 11.8 Å². The van der Waals surface area contributed by atoms with Crippen LogP contribution in [0.1, 0.15) is 6.42 Å². The molecule has 4 N–H and O–H groups in total. The zero-order valence-corrected chi connectivity index (χ0v) is 14.8. The fourth-order valence-corrected chi connectivity index (χ4v) is 2.49. The van der Waals surface area contributed by atoms with Crippen molar-refractivity contribution in [3.63, 3.8) is 0 Å². The molecule has 1 fully saturated rings. The summed E-state index contributed by atoms with van der Waals surface area (Å²) in [5.74, 6) is -1.33. The topological polar surface area (TPSA) is 106 Å². The first-order chi connectivity index (χ1) is 12.5. The molecule has 1 heterocycles. The molecule has 0 bridgehead atoms. The monoisotopic (exact) mass is 368 g/mol. The third-order valence-electron chi connectivity index (χ3n) is 3.95. The van der Waals surface area contributed by atoms with E-state index >= 15 is 0 Å². The second-order valence-electron chi connectivity index (χ2n) is 6.00. The maximum Gasteiger partial charge on any atom is 0.243 e. The molecule has 1 saturated heterocycles. The molecule has 0 saturated carbocycles. The molecule has 0 aromatic heterocycles. The minimum atomic E-state index is -0.836. The van der Waals surface area contributed by atoms with E-state index < -0.39 is 17.8 Å². The predicted octanol–water partition coefficient (Wildman–Crippen LogP) is 0.399. The van der Waals surface area contributed by atoms with Crippen molar-refractivity contribution >= 4 is 23.2 Å². The molecule has 8 nitrogen and oxygen atoms in total. The van der Waals surface area contributed by atoms with Gasteiger partial charge in [0.15, 0.2) is 0 Å². The average molecular weight is 368 g/mol. The largest absolute Gasteiger partial charge is 0.383 e. The molecule has 0 aliphatic carbocycles. The predicted molar refractivity (Wildman–Crippen MR) is 95.4 cm³/mol. The van der Waals surface area contributed by atoms with Crippen LogP contribution < -0.4 is 16.4 Å². The number of carbonyl (C=O) groups excluding carboxylic acids is 2. The molecule has 9 heteroatoms. The van der Waals surface area contributed by atoms with E-state index in [-0.39, 0.29) is 24.6 Å². The number of methoxy groups -OCH3 is 1. The Labute approximate surface area is 151 Å². The van der Waals surface area contributed by atoms with E-state index in [1.54, 1.807) is 0 Å². The zero-order chi connectivity index (χ0) is 18.9. The number of halogens is 1. The zero-order valence-electron chi connectivity index (χ0n) is 14.8. The van der Waals surface area contributed by atoms with Gasteiger partial charge in [-0.05, 0) is 18.2 Å². The number of benzene rings is 1. The quantitative estimate of drug-likeness (QED) is 0.613. The Morgan fingerprint density at radius 2 is 2.08 bits per heavy atom. The van der Waals surface area contributed by atoms with Gasteiger partial charge in [0.1, 0.15) is 11.9 Å². The van der Waals surface area contributed by atoms with Crippen molar-refractivity contribution in [3.05, 3.63) is 24.0 Å². The van der Waals surface area contributed by atoms with Crippen molar-refractivity contribution < 1.29 is 23.5 Å². The van der Waals surface area contributed by atoms with E-state index in [2.05, 4.69) is 15.5 Å². The van der Waals surface area contributed by atoms with Crippen LogP contribution in [0.25, 0.3) is 0 Å². The van der Waals surface area contributed by atoms with Crippen LogP contribution in [0.4, 0.5) is 15.8 Å². The van der Waals surface area contributed by atoms with Crippen LogP contribution in [-0.2, 0) is 19.1 Å². The molecule has 1 aliphatic rings. The highest BCUT2D eigenvalue weighted by atomic mass is 19.1. The van der Waals surface area contributed by atoms with Crippen LogP contribution in [0.2, 0.25) is 0 Å². The van der Waals surface area contributed by atoms with E-state index in [4.69, 9.17) is 15.2 Å². The minimum absolute atomic E-state index is 0.00934. The van der Waals surface area contributed by atoms with E-state index in [9.17, 15) is 14.0 Å². The first-order valence-corrected chi connectivity index (χ1v) is 8.44. The number of morpholine rings is 1. The van der Waals surface area contributed by atoms with E-state index in [0.29, 0.717) is 25.4 Å². The Morgan fingerprint density at radius 3 is 2.77 bits per heavy atom. The standard InChI is InChI=1S/C17H25FN4O4/c1-25-11-14(19)17(24)20-12-2-3-13(18)15(10-12)21-16(23)4-5-22-6-8-26-9-7-22/h2-3,10,14H,4-9,11,19H2,1H3,(H,20,24)(H,21,23). The van der Waals surface area contributed by atoms with Crippen LogP contribution in [0.3, 0.4) is 0 Å². The van der Waals surface area contributed by atoms with Gasteiger partial charge in [-0.25, -0.2) is 4.39 Å². The average Bonchev–Trinajstić information content (AvgIpc) is 2.64. The number of ether oxygens (including phenoxy) is 2. The van der Waals surface area contributed by atoms with Crippen molar-refractivity contribution in [3.8, 4) is 0 Å². The van der Waals surface area contributed by atoms with Crippen molar-refractivity contribution in [1.29, 1.82) is 0 Å². The van der Waals surface area contributed by atoms with Crippen LogP contribution in [0.15, 0.2) is 18.2 Å². The lowest BCUT2D eigenvalue weighted by Gasteiger charge is -2.26. The molecule has 0 spiro atoms. The second-order valence-corrected chi connectivity index (χ2v) is 6.00. The number of carbonyl (C=O) groups is 2. The lowest BCUT2D eigenvalue weighted by atomic mass is 10.2. The van der Waals surface area contributed by atoms with Gasteiger partial charge in [-0.3, -0.25) is 14.5 Å². The summed E-state index contributed by atoms with van der Waals surface area (Å²) in [5.41, 5.74) is 5.99. The summed E-state index contributed by atoms with van der Waals surface area (Å²) in [6.07, 6.45) is 0.245. The van der Waals surface area contributed by atoms with Crippen LogP contribution in [0, 0.1) is 5.82 Å². The van der Waals surface area contributed by atoms with Crippen LogP contribution >= 0.6 is 0 Å². The van der Waals surface area contributed by atoms with Gasteiger partial charge >= 0.3 is 0 Å². The van der Waals surface area contributed by atoms with Gasteiger partial charge in [-0.1, -0.05) is 0 Å². The van der Waals surface area contributed by atoms with Gasteiger partial charge < -0.3 is 25.8 Å². The molecule has 1 aromatic rings. The minimum Gasteiger partial charge on any atom is -0.383 e. The van der Waals surface area contributed by atoms with Gasteiger partial charge in [0.25, 0.3) is 0 Å². The summed E-state index contributed by atoms with van der Waals surface area (Å²) in [7, 11) is 1.44. The lowest BCUT2D eigenvalue weighted by molar-refractivity contribution is -0.118. The third kappa shape index (κ3) is 6.34. The number of nitrogens with two attached hydrogens (primary N) is 1. The fraction of sp³-hybridized carbons (Fsp3) is 0.529. The van der Waals surface area contributed by atoms with Gasteiger partial charge in [-0.2, -0.15) is 0 Å². The maximum absolute atomic E-state index is 13.9. The Balaban J connectivity index is 1.89. The van der Waals surface area contributed by atoms with Crippen LogP contribution in [0.5, 0.6) is 0 Å². The molecule has 1 unspecified atom stereocenters. The van der Waals surface area contributed by atoms with Crippen molar-refractivity contribution in [2.75, 3.05) is 57.2 Å². The molecule has 26 heavy (non-hydrogen) atoms. The number of anilines is 2. The number of hydrogen-bond donors (Lipinski definition) is 3. The van der Waals surface area contributed by atoms with Crippen molar-refractivity contribution in [2.45, 2.75) is 12.5 Å². The molecule has 0 radical (unpaired) electrons. The Hall–Kier alpha value is -2.07. The van der Waals surface area contributed by atoms with Crippen molar-refractivity contribution in [2.24, 2.45) is 5.73 Å². The molecule has 1 aliphatic heterocycles. The highest BCUT2D eigenvalue weighted by molar-refractivity contribution is 5.96. The number of rotatable bonds is 8. The molecule has 2 amide bonds. The highest BCUT2D eigenvalue weighted by Crippen LogP contribution is 2.20. The number of amides is 2. The first-order valence-electron chi connectivity index (χ1n) is 8.44.